The van der Waals surface area contributed by atoms with Crippen LogP contribution in [0.1, 0.15) is 59.9 Å². The van der Waals surface area contributed by atoms with Crippen LogP contribution in [0.3, 0.4) is 0 Å². The molecule has 4 rings (SSSR count). The Morgan fingerprint density at radius 1 is 1.20 bits per heavy atom. The van der Waals surface area contributed by atoms with Gasteiger partial charge in [-0.2, -0.15) is 5.10 Å². The molecule has 2 aliphatic rings. The zero-order valence-electron chi connectivity index (χ0n) is 14.4. The minimum absolute atomic E-state index is 0.0145. The van der Waals surface area contributed by atoms with Crippen molar-refractivity contribution < 1.29 is 4.79 Å². The summed E-state index contributed by atoms with van der Waals surface area (Å²) in [7, 11) is 0. The molecule has 1 aliphatic heterocycles. The summed E-state index contributed by atoms with van der Waals surface area (Å²) in [4.78, 5) is 19.6. The molecular weight excluding hydrogens is 314 g/mol. The fraction of sp³-hybridized carbons (Fsp3) is 0.526. The Kier molecular flexibility index (Phi) is 4.78. The predicted octanol–water partition coefficient (Wildman–Crippen LogP) is 2.47. The number of nitrogens with one attached hydrogen (secondary N) is 2. The first-order valence-corrected chi connectivity index (χ1v) is 9.28. The van der Waals surface area contributed by atoms with Crippen LogP contribution in [0.25, 0.3) is 0 Å². The van der Waals surface area contributed by atoms with Gasteiger partial charge < -0.3 is 10.2 Å². The van der Waals surface area contributed by atoms with Gasteiger partial charge in [-0.3, -0.25) is 14.9 Å². The van der Waals surface area contributed by atoms with Gasteiger partial charge in [0, 0.05) is 23.9 Å². The summed E-state index contributed by atoms with van der Waals surface area (Å²) >= 11 is 0. The first-order chi connectivity index (χ1) is 12.3. The van der Waals surface area contributed by atoms with Crippen molar-refractivity contribution >= 4 is 5.91 Å². The van der Waals surface area contributed by atoms with Gasteiger partial charge in [-0.1, -0.05) is 6.07 Å². The van der Waals surface area contributed by atoms with E-state index in [-0.39, 0.29) is 11.9 Å². The summed E-state index contributed by atoms with van der Waals surface area (Å²) < 4.78 is 0. The SMILES string of the molecule is O=C(c1cc(C2CC2)[nH]n1)N(Cc1ccccn1)C1CCCNCC1. The first kappa shape index (κ1) is 16.3. The molecule has 2 aromatic rings. The van der Waals surface area contributed by atoms with Crippen LogP contribution >= 0.6 is 0 Å². The Hall–Kier alpha value is -2.21. The fourth-order valence-corrected chi connectivity index (χ4v) is 3.54. The van der Waals surface area contributed by atoms with E-state index >= 15 is 0 Å². The molecule has 2 N–H and O–H groups in total. The number of carbonyl (C=O) groups excluding carboxylic acids is 1. The lowest BCUT2D eigenvalue weighted by atomic mass is 10.1. The Morgan fingerprint density at radius 2 is 2.12 bits per heavy atom. The van der Waals surface area contributed by atoms with E-state index in [1.807, 2.05) is 29.2 Å². The third-order valence-corrected chi connectivity index (χ3v) is 5.14. The molecule has 3 heterocycles. The molecule has 25 heavy (non-hydrogen) atoms. The summed E-state index contributed by atoms with van der Waals surface area (Å²) in [6.07, 6.45) is 7.25. The lowest BCUT2D eigenvalue weighted by molar-refractivity contribution is 0.0636. The molecular formula is C19H25N5O. The number of aromatic amines is 1. The number of rotatable bonds is 5. The number of carbonyl (C=O) groups is 1. The van der Waals surface area contributed by atoms with E-state index in [0.717, 1.165) is 43.7 Å². The summed E-state index contributed by atoms with van der Waals surface area (Å²) in [5.74, 6) is 0.584. The quantitative estimate of drug-likeness (QED) is 0.878. The predicted molar refractivity (Wildman–Crippen MR) is 95.2 cm³/mol. The molecule has 2 fully saturated rings. The second kappa shape index (κ2) is 7.35. The van der Waals surface area contributed by atoms with Crippen LogP contribution in [0, 0.1) is 0 Å². The first-order valence-electron chi connectivity index (χ1n) is 9.28. The fourth-order valence-electron chi connectivity index (χ4n) is 3.54. The van der Waals surface area contributed by atoms with Crippen molar-refractivity contribution in [1.82, 2.24) is 25.4 Å². The van der Waals surface area contributed by atoms with Gasteiger partial charge in [0.2, 0.25) is 0 Å². The summed E-state index contributed by atoms with van der Waals surface area (Å²) in [6.45, 7) is 2.51. The van der Waals surface area contributed by atoms with Crippen LogP contribution in [0.4, 0.5) is 0 Å². The van der Waals surface area contributed by atoms with E-state index in [2.05, 4.69) is 20.5 Å². The van der Waals surface area contributed by atoms with Crippen molar-refractivity contribution in [2.24, 2.45) is 0 Å². The van der Waals surface area contributed by atoms with Crippen LogP contribution < -0.4 is 5.32 Å². The maximum atomic E-state index is 13.2. The maximum Gasteiger partial charge on any atom is 0.274 e. The lowest BCUT2D eigenvalue weighted by Gasteiger charge is -2.30. The molecule has 2 aromatic heterocycles. The Balaban J connectivity index is 1.57. The molecule has 0 spiro atoms. The summed E-state index contributed by atoms with van der Waals surface area (Å²) in [6, 6.07) is 8.03. The van der Waals surface area contributed by atoms with Gasteiger partial charge in [0.1, 0.15) is 5.69 Å². The maximum absolute atomic E-state index is 13.2. The van der Waals surface area contributed by atoms with Gasteiger partial charge in [-0.15, -0.1) is 0 Å². The molecule has 1 amide bonds. The molecule has 0 aromatic carbocycles. The van der Waals surface area contributed by atoms with Gasteiger partial charge in [-0.05, 0) is 63.4 Å². The second-order valence-corrected chi connectivity index (χ2v) is 7.07. The summed E-state index contributed by atoms with van der Waals surface area (Å²) in [5.41, 5.74) is 2.56. The standard InChI is InChI=1S/C19H25N5O/c25-19(18-12-17(22-23-18)14-6-7-14)24(13-15-4-1-2-10-21-15)16-5-3-9-20-11-8-16/h1-2,4,10,12,14,16,20H,3,5-9,11,13H2,(H,22,23). The highest BCUT2D eigenvalue weighted by Crippen LogP contribution is 2.39. The van der Waals surface area contributed by atoms with Crippen molar-refractivity contribution in [3.05, 3.63) is 47.5 Å². The van der Waals surface area contributed by atoms with Crippen molar-refractivity contribution in [3.63, 3.8) is 0 Å². The monoisotopic (exact) mass is 339 g/mol. The molecule has 1 saturated heterocycles. The number of hydrogen-bond donors (Lipinski definition) is 2. The van der Waals surface area contributed by atoms with Crippen molar-refractivity contribution in [3.8, 4) is 0 Å². The third kappa shape index (κ3) is 3.90. The number of amides is 1. The molecule has 1 atom stereocenters. The lowest BCUT2D eigenvalue weighted by Crippen LogP contribution is -2.40. The van der Waals surface area contributed by atoms with Crippen molar-refractivity contribution in [2.75, 3.05) is 13.1 Å². The average Bonchev–Trinajstić information content (AvgIpc) is 3.43. The van der Waals surface area contributed by atoms with E-state index in [0.29, 0.717) is 18.2 Å². The topological polar surface area (TPSA) is 73.9 Å². The average molecular weight is 339 g/mol. The number of pyridine rings is 1. The summed E-state index contributed by atoms with van der Waals surface area (Å²) in [5, 5.41) is 10.8. The molecule has 0 radical (unpaired) electrons. The normalized spacial score (nSPS) is 20.9. The van der Waals surface area contributed by atoms with E-state index in [9.17, 15) is 4.79 Å². The third-order valence-electron chi connectivity index (χ3n) is 5.14. The Bertz CT molecular complexity index is 702. The largest absolute Gasteiger partial charge is 0.328 e. The van der Waals surface area contributed by atoms with Gasteiger partial charge in [0.15, 0.2) is 0 Å². The highest BCUT2D eigenvalue weighted by Gasteiger charge is 2.30. The Morgan fingerprint density at radius 3 is 2.92 bits per heavy atom. The number of nitrogens with zero attached hydrogens (tertiary/aromatic N) is 3. The molecule has 0 bridgehead atoms. The highest BCUT2D eigenvalue weighted by atomic mass is 16.2. The van der Waals surface area contributed by atoms with E-state index in [1.54, 1.807) is 6.20 Å². The second-order valence-electron chi connectivity index (χ2n) is 7.07. The van der Waals surface area contributed by atoms with Crippen LogP contribution in [-0.4, -0.2) is 45.1 Å². The van der Waals surface area contributed by atoms with Gasteiger partial charge in [-0.25, -0.2) is 0 Å². The van der Waals surface area contributed by atoms with E-state index in [4.69, 9.17) is 0 Å². The van der Waals surface area contributed by atoms with Crippen molar-refractivity contribution in [2.45, 2.75) is 50.6 Å². The minimum atomic E-state index is 0.0145. The zero-order valence-corrected chi connectivity index (χ0v) is 14.4. The minimum Gasteiger partial charge on any atom is -0.328 e. The van der Waals surface area contributed by atoms with Crippen LogP contribution in [-0.2, 0) is 6.54 Å². The molecule has 6 heteroatoms. The van der Waals surface area contributed by atoms with E-state index < -0.39 is 0 Å². The molecule has 6 nitrogen and oxygen atoms in total. The van der Waals surface area contributed by atoms with E-state index in [1.165, 1.54) is 12.8 Å². The zero-order chi connectivity index (χ0) is 17.1. The van der Waals surface area contributed by atoms with Gasteiger partial charge in [0.05, 0.1) is 12.2 Å². The number of hydrogen-bond acceptors (Lipinski definition) is 4. The molecule has 132 valence electrons. The smallest absolute Gasteiger partial charge is 0.274 e. The van der Waals surface area contributed by atoms with Crippen LogP contribution in [0.15, 0.2) is 30.5 Å². The molecule has 1 saturated carbocycles. The molecule has 1 aliphatic carbocycles. The van der Waals surface area contributed by atoms with Crippen LogP contribution in [0.5, 0.6) is 0 Å². The Labute approximate surface area is 148 Å². The number of aromatic nitrogens is 3. The van der Waals surface area contributed by atoms with Crippen LogP contribution in [0.2, 0.25) is 0 Å². The molecule has 1 unspecified atom stereocenters. The highest BCUT2D eigenvalue weighted by molar-refractivity contribution is 5.92. The van der Waals surface area contributed by atoms with Gasteiger partial charge >= 0.3 is 0 Å². The number of H-pyrrole nitrogens is 1. The van der Waals surface area contributed by atoms with Crippen molar-refractivity contribution in [1.29, 1.82) is 0 Å². The van der Waals surface area contributed by atoms with Gasteiger partial charge in [0.25, 0.3) is 5.91 Å².